The number of aromatic nitrogens is 3. The first-order valence-corrected chi connectivity index (χ1v) is 20.2. The Kier molecular flexibility index (Phi) is 7.08. The highest BCUT2D eigenvalue weighted by molar-refractivity contribution is 7.99. The molecule has 0 radical (unpaired) electrons. The third kappa shape index (κ3) is 4.74. The number of benzene rings is 8. The van der Waals surface area contributed by atoms with Crippen LogP contribution in [0.25, 0.3) is 72.5 Å². The standard InChI is InChI=1S/C53H33N3S/c1-3-16-34(17-4-1)46-33-47(55-52(54-46)35-18-5-2-6-19-35)36-20-15-21-37(30-36)56-48-28-13-9-24-40(48)41-31-51-45(32-49(41)56)53(44-27-12-14-29-50(44)57-51)42-25-10-7-22-38(42)39-23-8-11-26-43(39)53/h1-33H. The quantitative estimate of drug-likeness (QED) is 0.180. The number of nitrogens with zero attached hydrogens (tertiary/aromatic N) is 3. The van der Waals surface area contributed by atoms with Crippen LogP contribution in [0.4, 0.5) is 0 Å². The zero-order valence-electron chi connectivity index (χ0n) is 30.8. The molecule has 0 unspecified atom stereocenters. The molecule has 3 nitrogen and oxygen atoms in total. The number of fused-ring (bicyclic) bond motifs is 12. The minimum absolute atomic E-state index is 0.454. The fourth-order valence-electron chi connectivity index (χ4n) is 9.47. The summed E-state index contributed by atoms with van der Waals surface area (Å²) in [4.78, 5) is 12.9. The highest BCUT2D eigenvalue weighted by Gasteiger charge is 2.50. The molecule has 1 aliphatic carbocycles. The largest absolute Gasteiger partial charge is 0.309 e. The van der Waals surface area contributed by atoms with E-state index in [1.807, 2.05) is 36.0 Å². The number of hydrogen-bond donors (Lipinski definition) is 0. The van der Waals surface area contributed by atoms with Gasteiger partial charge in [-0.3, -0.25) is 0 Å². The van der Waals surface area contributed by atoms with Crippen LogP contribution < -0.4 is 0 Å². The summed E-state index contributed by atoms with van der Waals surface area (Å²) in [5.41, 5.74) is 15.8. The second-order valence-corrected chi connectivity index (χ2v) is 16.0. The molecule has 2 aromatic heterocycles. The summed E-state index contributed by atoms with van der Waals surface area (Å²) >= 11 is 1.90. The summed E-state index contributed by atoms with van der Waals surface area (Å²) in [5, 5.41) is 2.48. The maximum atomic E-state index is 5.19. The molecular formula is C53H33N3S. The Bertz CT molecular complexity index is 3120. The van der Waals surface area contributed by atoms with Crippen LogP contribution in [-0.4, -0.2) is 14.5 Å². The lowest BCUT2D eigenvalue weighted by Crippen LogP contribution is -2.32. The monoisotopic (exact) mass is 743 g/mol. The van der Waals surface area contributed by atoms with E-state index in [1.54, 1.807) is 0 Å². The van der Waals surface area contributed by atoms with Crippen LogP contribution in [0, 0.1) is 0 Å². The van der Waals surface area contributed by atoms with Gasteiger partial charge in [-0.05, 0) is 75.8 Å². The van der Waals surface area contributed by atoms with Crippen LogP contribution in [0.3, 0.4) is 0 Å². The Morgan fingerprint density at radius 3 is 1.74 bits per heavy atom. The molecule has 0 atom stereocenters. The lowest BCUT2D eigenvalue weighted by molar-refractivity contribution is 0.724. The van der Waals surface area contributed by atoms with Crippen molar-refractivity contribution in [3.8, 4) is 50.7 Å². The molecule has 0 fully saturated rings. The third-order valence-corrected chi connectivity index (χ3v) is 13.0. The van der Waals surface area contributed by atoms with Crippen molar-refractivity contribution in [2.45, 2.75) is 15.2 Å². The SMILES string of the molecule is c1ccc(-c2cc(-c3cccc(-n4c5ccccc5c5cc6c(cc54)C4(c5ccccc5S6)c5ccccc5-c5ccccc54)c3)nc(-c3ccccc3)n2)cc1. The fraction of sp³-hybridized carbons (Fsp3) is 0.0189. The summed E-state index contributed by atoms with van der Waals surface area (Å²) in [6, 6.07) is 72.5. The first kappa shape index (κ1) is 32.3. The first-order valence-electron chi connectivity index (χ1n) is 19.4. The highest BCUT2D eigenvalue weighted by atomic mass is 32.2. The van der Waals surface area contributed by atoms with E-state index in [2.05, 4.69) is 180 Å². The van der Waals surface area contributed by atoms with E-state index in [0.717, 1.165) is 33.8 Å². The fourth-order valence-corrected chi connectivity index (χ4v) is 10.7. The molecule has 0 bridgehead atoms. The molecule has 1 spiro atoms. The molecule has 3 heterocycles. The van der Waals surface area contributed by atoms with Gasteiger partial charge in [0.1, 0.15) is 0 Å². The lowest BCUT2D eigenvalue weighted by Gasteiger charge is -2.39. The molecule has 2 aliphatic rings. The van der Waals surface area contributed by atoms with Crippen molar-refractivity contribution < 1.29 is 0 Å². The maximum absolute atomic E-state index is 5.19. The zero-order chi connectivity index (χ0) is 37.5. The Hall–Kier alpha value is -7.01. The Balaban J connectivity index is 1.11. The van der Waals surface area contributed by atoms with Crippen LogP contribution in [0.2, 0.25) is 0 Å². The molecule has 1 aliphatic heterocycles. The molecular weight excluding hydrogens is 711 g/mol. The molecule has 266 valence electrons. The van der Waals surface area contributed by atoms with E-state index in [9.17, 15) is 0 Å². The van der Waals surface area contributed by atoms with E-state index in [1.165, 1.54) is 65.0 Å². The Labute approximate surface area is 335 Å². The topological polar surface area (TPSA) is 30.7 Å². The number of rotatable bonds is 4. The van der Waals surface area contributed by atoms with E-state index < -0.39 is 5.41 Å². The summed E-state index contributed by atoms with van der Waals surface area (Å²) in [7, 11) is 0. The third-order valence-electron chi connectivity index (χ3n) is 11.9. The van der Waals surface area contributed by atoms with E-state index in [0.29, 0.717) is 5.82 Å². The second-order valence-electron chi connectivity index (χ2n) is 14.9. The van der Waals surface area contributed by atoms with Crippen LogP contribution in [0.5, 0.6) is 0 Å². The van der Waals surface area contributed by atoms with Gasteiger partial charge in [0.25, 0.3) is 0 Å². The number of hydrogen-bond acceptors (Lipinski definition) is 3. The first-order chi connectivity index (χ1) is 28.3. The van der Waals surface area contributed by atoms with Crippen molar-refractivity contribution in [1.29, 1.82) is 0 Å². The maximum Gasteiger partial charge on any atom is 0.160 e. The highest BCUT2D eigenvalue weighted by Crippen LogP contribution is 2.62. The molecule has 0 N–H and O–H groups in total. The van der Waals surface area contributed by atoms with Gasteiger partial charge in [-0.1, -0.05) is 169 Å². The van der Waals surface area contributed by atoms with Crippen molar-refractivity contribution in [2.24, 2.45) is 0 Å². The zero-order valence-corrected chi connectivity index (χ0v) is 31.6. The minimum Gasteiger partial charge on any atom is -0.309 e. The normalized spacial score (nSPS) is 13.3. The average Bonchev–Trinajstić information content (AvgIpc) is 3.76. The van der Waals surface area contributed by atoms with Gasteiger partial charge in [0.2, 0.25) is 0 Å². The average molecular weight is 744 g/mol. The smallest absolute Gasteiger partial charge is 0.160 e. The summed E-state index contributed by atoms with van der Waals surface area (Å²) in [6.45, 7) is 0. The lowest BCUT2D eigenvalue weighted by atomic mass is 9.67. The Morgan fingerprint density at radius 1 is 0.386 bits per heavy atom. The molecule has 4 heteroatoms. The van der Waals surface area contributed by atoms with Crippen molar-refractivity contribution in [2.75, 3.05) is 0 Å². The molecule has 57 heavy (non-hydrogen) atoms. The molecule has 10 aromatic rings. The minimum atomic E-state index is -0.454. The molecule has 0 saturated heterocycles. The van der Waals surface area contributed by atoms with Crippen molar-refractivity contribution in [1.82, 2.24) is 14.5 Å². The van der Waals surface area contributed by atoms with Gasteiger partial charge in [0, 0.05) is 42.9 Å². The van der Waals surface area contributed by atoms with Gasteiger partial charge in [-0.15, -0.1) is 0 Å². The predicted molar refractivity (Wildman–Crippen MR) is 234 cm³/mol. The van der Waals surface area contributed by atoms with Crippen molar-refractivity contribution >= 4 is 33.6 Å². The van der Waals surface area contributed by atoms with Gasteiger partial charge >= 0.3 is 0 Å². The van der Waals surface area contributed by atoms with Crippen LogP contribution >= 0.6 is 11.8 Å². The molecule has 0 saturated carbocycles. The molecule has 8 aromatic carbocycles. The van der Waals surface area contributed by atoms with Crippen molar-refractivity contribution in [3.05, 3.63) is 222 Å². The second kappa shape index (κ2) is 12.5. The Morgan fingerprint density at radius 2 is 0.982 bits per heavy atom. The molecule has 0 amide bonds. The summed E-state index contributed by atoms with van der Waals surface area (Å²) < 4.78 is 2.46. The van der Waals surface area contributed by atoms with Crippen LogP contribution in [0.15, 0.2) is 210 Å². The summed E-state index contributed by atoms with van der Waals surface area (Å²) in [6.07, 6.45) is 0. The van der Waals surface area contributed by atoms with Crippen LogP contribution in [-0.2, 0) is 5.41 Å². The van der Waals surface area contributed by atoms with Gasteiger partial charge in [-0.2, -0.15) is 0 Å². The van der Waals surface area contributed by atoms with Gasteiger partial charge in [0.05, 0.1) is 27.8 Å². The van der Waals surface area contributed by atoms with E-state index >= 15 is 0 Å². The predicted octanol–water partition coefficient (Wildman–Crippen LogP) is 13.4. The molecule has 12 rings (SSSR count). The van der Waals surface area contributed by atoms with Crippen LogP contribution in [0.1, 0.15) is 22.3 Å². The van der Waals surface area contributed by atoms with E-state index in [4.69, 9.17) is 9.97 Å². The van der Waals surface area contributed by atoms with Crippen molar-refractivity contribution in [3.63, 3.8) is 0 Å². The van der Waals surface area contributed by atoms with Gasteiger partial charge < -0.3 is 4.57 Å². The number of para-hydroxylation sites is 1. The van der Waals surface area contributed by atoms with Gasteiger partial charge in [-0.25, -0.2) is 9.97 Å². The summed E-state index contributed by atoms with van der Waals surface area (Å²) in [5.74, 6) is 0.709. The van der Waals surface area contributed by atoms with Gasteiger partial charge in [0.15, 0.2) is 5.82 Å². The van der Waals surface area contributed by atoms with E-state index in [-0.39, 0.29) is 0 Å².